The fourth-order valence-electron chi connectivity index (χ4n) is 1.56. The summed E-state index contributed by atoms with van der Waals surface area (Å²) in [6, 6.07) is 0.944. The summed E-state index contributed by atoms with van der Waals surface area (Å²) in [5, 5.41) is 5.73. The molecular weight excluding hydrogens is 281 g/mol. The number of rotatable bonds is 6. The van der Waals surface area contributed by atoms with Crippen LogP contribution in [0, 0.1) is 5.41 Å². The van der Waals surface area contributed by atoms with Crippen molar-refractivity contribution in [2.24, 2.45) is 5.41 Å². The zero-order valence-electron chi connectivity index (χ0n) is 12.9. The fourth-order valence-corrected chi connectivity index (χ4v) is 1.56. The van der Waals surface area contributed by atoms with Crippen LogP contribution in [0.25, 0.3) is 0 Å². The number of hydrogen-bond donors (Lipinski definition) is 2. The number of alkyl halides is 3. The summed E-state index contributed by atoms with van der Waals surface area (Å²) in [6.07, 6.45) is -2.87. The van der Waals surface area contributed by atoms with Gasteiger partial charge in [-0.05, 0) is 18.3 Å². The molecule has 1 heterocycles. The molecular formula is C14H23F3N4. The largest absolute Gasteiger partial charge is 0.433 e. The molecule has 0 saturated carbocycles. The average Bonchev–Trinajstić information content (AvgIpc) is 2.33. The zero-order valence-corrected chi connectivity index (χ0v) is 12.9. The molecule has 0 amide bonds. The average molecular weight is 304 g/mol. The van der Waals surface area contributed by atoms with Crippen molar-refractivity contribution in [2.75, 3.05) is 23.7 Å². The molecule has 2 N–H and O–H groups in total. The second-order valence-electron chi connectivity index (χ2n) is 6.12. The first kappa shape index (κ1) is 17.5. The SMILES string of the molecule is CCCNc1nc(NCCC(C)(C)C)cc(C(F)(F)F)n1. The van der Waals surface area contributed by atoms with Crippen molar-refractivity contribution in [3.8, 4) is 0 Å². The van der Waals surface area contributed by atoms with Gasteiger partial charge in [-0.25, -0.2) is 4.98 Å². The summed E-state index contributed by atoms with van der Waals surface area (Å²) < 4.78 is 38.5. The predicted molar refractivity (Wildman–Crippen MR) is 78.4 cm³/mol. The molecule has 4 nitrogen and oxygen atoms in total. The zero-order chi connectivity index (χ0) is 16.1. The normalized spacial score (nSPS) is 12.3. The minimum Gasteiger partial charge on any atom is -0.370 e. The molecule has 0 fully saturated rings. The van der Waals surface area contributed by atoms with Crippen LogP contribution >= 0.6 is 0 Å². The molecule has 0 aromatic carbocycles. The molecule has 1 aromatic rings. The summed E-state index contributed by atoms with van der Waals surface area (Å²) in [4.78, 5) is 7.58. The smallest absolute Gasteiger partial charge is 0.370 e. The second kappa shape index (κ2) is 6.95. The van der Waals surface area contributed by atoms with Crippen LogP contribution in [0.5, 0.6) is 0 Å². The molecule has 0 unspecified atom stereocenters. The van der Waals surface area contributed by atoms with Crippen LogP contribution in [0.15, 0.2) is 6.07 Å². The summed E-state index contributed by atoms with van der Waals surface area (Å²) in [7, 11) is 0. The first-order valence-electron chi connectivity index (χ1n) is 7.06. The van der Waals surface area contributed by atoms with E-state index in [-0.39, 0.29) is 17.2 Å². The van der Waals surface area contributed by atoms with Gasteiger partial charge in [0.25, 0.3) is 0 Å². The van der Waals surface area contributed by atoms with Gasteiger partial charge in [0.15, 0.2) is 5.69 Å². The van der Waals surface area contributed by atoms with Crippen LogP contribution in [0.4, 0.5) is 24.9 Å². The lowest BCUT2D eigenvalue weighted by Crippen LogP contribution is -2.17. The van der Waals surface area contributed by atoms with Gasteiger partial charge in [-0.3, -0.25) is 0 Å². The van der Waals surface area contributed by atoms with Crippen molar-refractivity contribution in [2.45, 2.75) is 46.7 Å². The van der Waals surface area contributed by atoms with Crippen molar-refractivity contribution >= 4 is 11.8 Å². The van der Waals surface area contributed by atoms with Gasteiger partial charge in [-0.2, -0.15) is 18.2 Å². The first-order valence-corrected chi connectivity index (χ1v) is 7.06. The van der Waals surface area contributed by atoms with E-state index < -0.39 is 11.9 Å². The maximum atomic E-state index is 12.8. The Kier molecular flexibility index (Phi) is 5.80. The minimum absolute atomic E-state index is 0.00457. The van der Waals surface area contributed by atoms with Crippen molar-refractivity contribution in [3.63, 3.8) is 0 Å². The Labute approximate surface area is 123 Å². The Morgan fingerprint density at radius 3 is 2.24 bits per heavy atom. The Balaban J connectivity index is 2.86. The van der Waals surface area contributed by atoms with E-state index in [0.29, 0.717) is 13.1 Å². The Morgan fingerprint density at radius 1 is 1.05 bits per heavy atom. The van der Waals surface area contributed by atoms with E-state index in [9.17, 15) is 13.2 Å². The lowest BCUT2D eigenvalue weighted by molar-refractivity contribution is -0.141. The fraction of sp³-hybridized carbons (Fsp3) is 0.714. The Hall–Kier alpha value is -1.53. The van der Waals surface area contributed by atoms with Gasteiger partial charge in [0.1, 0.15) is 5.82 Å². The topological polar surface area (TPSA) is 49.8 Å². The number of halogens is 3. The van der Waals surface area contributed by atoms with Crippen LogP contribution in [0.2, 0.25) is 0 Å². The van der Waals surface area contributed by atoms with E-state index in [1.165, 1.54) is 0 Å². The van der Waals surface area contributed by atoms with E-state index in [1.54, 1.807) is 0 Å². The third-order valence-electron chi connectivity index (χ3n) is 2.73. The maximum Gasteiger partial charge on any atom is 0.433 e. The summed E-state index contributed by atoms with van der Waals surface area (Å²) in [5.41, 5.74) is -0.828. The molecule has 1 aromatic heterocycles. The van der Waals surface area contributed by atoms with Gasteiger partial charge in [0, 0.05) is 19.2 Å². The number of hydrogen-bond acceptors (Lipinski definition) is 4. The Bertz CT molecular complexity index is 453. The van der Waals surface area contributed by atoms with Crippen LogP contribution in [0.1, 0.15) is 46.2 Å². The molecule has 0 spiro atoms. The summed E-state index contributed by atoms with van der Waals surface area (Å²) in [6.45, 7) is 9.23. The van der Waals surface area contributed by atoms with E-state index in [4.69, 9.17) is 0 Å². The molecule has 0 saturated heterocycles. The number of nitrogens with zero attached hydrogens (tertiary/aromatic N) is 2. The molecule has 0 atom stereocenters. The molecule has 0 radical (unpaired) electrons. The van der Waals surface area contributed by atoms with Gasteiger partial charge in [0.2, 0.25) is 5.95 Å². The predicted octanol–water partition coefficient (Wildman–Crippen LogP) is 4.17. The van der Waals surface area contributed by atoms with Crippen LogP contribution in [-0.2, 0) is 6.18 Å². The van der Waals surface area contributed by atoms with Crippen molar-refractivity contribution < 1.29 is 13.2 Å². The minimum atomic E-state index is -4.48. The van der Waals surface area contributed by atoms with Gasteiger partial charge < -0.3 is 10.6 Å². The lowest BCUT2D eigenvalue weighted by atomic mass is 9.92. The molecule has 0 aliphatic heterocycles. The molecule has 0 aliphatic rings. The van der Waals surface area contributed by atoms with E-state index in [0.717, 1.165) is 18.9 Å². The third-order valence-corrected chi connectivity index (χ3v) is 2.73. The van der Waals surface area contributed by atoms with Crippen molar-refractivity contribution in [3.05, 3.63) is 11.8 Å². The standard InChI is InChI=1S/C14H23F3N4/c1-5-7-19-12-20-10(14(15,16)17)9-11(21-12)18-8-6-13(2,3)4/h9H,5-8H2,1-4H3,(H2,18,19,20,21). The third kappa shape index (κ3) is 6.64. The van der Waals surface area contributed by atoms with Gasteiger partial charge in [-0.15, -0.1) is 0 Å². The van der Waals surface area contributed by atoms with Gasteiger partial charge in [-0.1, -0.05) is 27.7 Å². The van der Waals surface area contributed by atoms with Crippen molar-refractivity contribution in [1.29, 1.82) is 0 Å². The number of aromatic nitrogens is 2. The highest BCUT2D eigenvalue weighted by molar-refractivity contribution is 5.43. The number of anilines is 2. The van der Waals surface area contributed by atoms with Crippen LogP contribution in [0.3, 0.4) is 0 Å². The molecule has 120 valence electrons. The van der Waals surface area contributed by atoms with Crippen molar-refractivity contribution in [1.82, 2.24) is 9.97 Å². The summed E-state index contributed by atoms with van der Waals surface area (Å²) >= 11 is 0. The maximum absolute atomic E-state index is 12.8. The van der Waals surface area contributed by atoms with Crippen LogP contribution in [-0.4, -0.2) is 23.1 Å². The molecule has 21 heavy (non-hydrogen) atoms. The second-order valence-corrected chi connectivity index (χ2v) is 6.12. The van der Waals surface area contributed by atoms with E-state index >= 15 is 0 Å². The Morgan fingerprint density at radius 2 is 1.71 bits per heavy atom. The van der Waals surface area contributed by atoms with E-state index in [1.807, 2.05) is 6.92 Å². The monoisotopic (exact) mass is 304 g/mol. The molecule has 0 bridgehead atoms. The first-order chi connectivity index (χ1) is 9.62. The molecule has 7 heteroatoms. The van der Waals surface area contributed by atoms with E-state index in [2.05, 4.69) is 41.4 Å². The highest BCUT2D eigenvalue weighted by Gasteiger charge is 2.33. The van der Waals surface area contributed by atoms with Gasteiger partial charge in [0.05, 0.1) is 0 Å². The van der Waals surface area contributed by atoms with Crippen LogP contribution < -0.4 is 10.6 Å². The highest BCUT2D eigenvalue weighted by atomic mass is 19.4. The number of nitrogens with one attached hydrogen (secondary N) is 2. The summed E-state index contributed by atoms with van der Waals surface area (Å²) in [5.74, 6) is 0.199. The quantitative estimate of drug-likeness (QED) is 0.828. The highest BCUT2D eigenvalue weighted by Crippen LogP contribution is 2.29. The van der Waals surface area contributed by atoms with Gasteiger partial charge >= 0.3 is 6.18 Å². The lowest BCUT2D eigenvalue weighted by Gasteiger charge is -2.19. The molecule has 0 aliphatic carbocycles. The molecule has 1 rings (SSSR count).